The predicted molar refractivity (Wildman–Crippen MR) is 229 cm³/mol. The Kier molecular flexibility index (Phi) is 11.5. The maximum Gasteiger partial charge on any atom is 0.407 e. The maximum absolute atomic E-state index is 15.0. The van der Waals surface area contributed by atoms with Crippen molar-refractivity contribution in [3.05, 3.63) is 66.5 Å². The minimum Gasteiger partial charge on any atom is -0.497 e. The fourth-order valence-corrected chi connectivity index (χ4v) is 10.0. The van der Waals surface area contributed by atoms with Crippen LogP contribution in [0.5, 0.6) is 11.6 Å². The van der Waals surface area contributed by atoms with Crippen LogP contribution in [0.25, 0.3) is 22.0 Å². The highest BCUT2D eigenvalue weighted by Gasteiger charge is 2.63. The Morgan fingerprint density at radius 1 is 1.02 bits per heavy atom. The number of carbonyl (C=O) groups is 4. The van der Waals surface area contributed by atoms with Gasteiger partial charge in [0.15, 0.2) is 0 Å². The zero-order chi connectivity index (χ0) is 44.2. The first kappa shape index (κ1) is 43.4. The SMILES string of the molecule is COc1ccc2c(OC3CC4C(=O)NC5(C(=O)NS(=O)(=O)C6(C)CC6)CC5C=CCCC(C)CC(C)C(NC(=O)OCC5(C)CC5)C(=O)N4C3)nc(-c3ccc(F)cc3)cc2c1. The third-order valence-corrected chi connectivity index (χ3v) is 15.8. The lowest BCUT2D eigenvalue weighted by atomic mass is 9.88. The molecule has 3 saturated carbocycles. The van der Waals surface area contributed by atoms with Gasteiger partial charge in [0.2, 0.25) is 27.7 Å². The highest BCUT2D eigenvalue weighted by atomic mass is 32.2. The van der Waals surface area contributed by atoms with E-state index in [0.29, 0.717) is 48.1 Å². The fourth-order valence-electron chi connectivity index (χ4n) is 8.71. The smallest absolute Gasteiger partial charge is 0.407 e. The van der Waals surface area contributed by atoms with E-state index in [-0.39, 0.29) is 49.1 Å². The summed E-state index contributed by atoms with van der Waals surface area (Å²) in [7, 11) is -2.48. The van der Waals surface area contributed by atoms with Gasteiger partial charge in [0.25, 0.3) is 5.91 Å². The van der Waals surface area contributed by atoms with Gasteiger partial charge in [-0.1, -0.05) is 32.9 Å². The van der Waals surface area contributed by atoms with Gasteiger partial charge in [0.1, 0.15) is 35.3 Å². The summed E-state index contributed by atoms with van der Waals surface area (Å²) in [5.41, 5.74) is -0.540. The molecule has 0 spiro atoms. The standard InChI is InChI=1S/C46H56FN5O9S/c1-27-8-6-7-9-31-24-46(31,42(55)51-62(57,58)45(4)18-19-45)50-39(53)37-23-34(25-52(37)41(54)38(28(2)20-27)49-43(56)60-26-44(3)16-17-44)61-40-35-15-14-33(59-5)21-30(35)22-36(48-40)29-10-12-32(47)13-11-29/h7,9-15,21-22,27-28,31,34,37-38H,6,8,16-20,23-26H2,1-5H3,(H,49,56)(H,50,53)(H,51,55). The zero-order valence-corrected chi connectivity index (χ0v) is 36.7. The molecule has 2 aromatic carbocycles. The molecule has 1 saturated heterocycles. The molecule has 8 rings (SSSR count). The number of allylic oxidation sites excluding steroid dienone is 1. The Morgan fingerprint density at radius 2 is 1.76 bits per heavy atom. The van der Waals surface area contributed by atoms with E-state index in [1.807, 2.05) is 38.1 Å². The summed E-state index contributed by atoms with van der Waals surface area (Å²) in [5, 5.41) is 7.12. The van der Waals surface area contributed by atoms with Crippen LogP contribution in [-0.2, 0) is 29.1 Å². The van der Waals surface area contributed by atoms with Crippen LogP contribution in [0.1, 0.15) is 85.5 Å². The molecule has 3 N–H and O–H groups in total. The number of sulfonamides is 1. The summed E-state index contributed by atoms with van der Waals surface area (Å²) in [5.74, 6) is -2.32. The Bertz CT molecular complexity index is 2400. The van der Waals surface area contributed by atoms with Gasteiger partial charge in [-0.2, -0.15) is 0 Å². The van der Waals surface area contributed by atoms with Crippen molar-refractivity contribution in [2.24, 2.45) is 23.2 Å². The van der Waals surface area contributed by atoms with Crippen molar-refractivity contribution in [2.45, 2.75) is 114 Å². The maximum atomic E-state index is 15.0. The largest absolute Gasteiger partial charge is 0.497 e. The van der Waals surface area contributed by atoms with Crippen molar-refractivity contribution < 1.29 is 46.2 Å². The van der Waals surface area contributed by atoms with Crippen LogP contribution < -0.4 is 24.8 Å². The van der Waals surface area contributed by atoms with Gasteiger partial charge in [-0.25, -0.2) is 22.6 Å². The van der Waals surface area contributed by atoms with Crippen LogP contribution >= 0.6 is 0 Å². The van der Waals surface area contributed by atoms with E-state index in [1.165, 1.54) is 17.0 Å². The first-order chi connectivity index (χ1) is 29.4. The molecule has 4 fully saturated rings. The number of benzene rings is 2. The Balaban J connectivity index is 1.14. The number of nitrogens with zero attached hydrogens (tertiary/aromatic N) is 2. The number of methoxy groups -OCH3 is 1. The molecule has 332 valence electrons. The lowest BCUT2D eigenvalue weighted by Gasteiger charge is -2.32. The summed E-state index contributed by atoms with van der Waals surface area (Å²) in [6.45, 7) is 7.72. The Morgan fingerprint density at radius 3 is 2.45 bits per heavy atom. The molecule has 5 aliphatic rings. The molecule has 0 radical (unpaired) electrons. The predicted octanol–water partition coefficient (Wildman–Crippen LogP) is 6.18. The molecule has 3 aromatic rings. The van der Waals surface area contributed by atoms with Crippen LogP contribution in [0.4, 0.5) is 9.18 Å². The molecule has 3 aliphatic carbocycles. The number of nitrogens with one attached hydrogen (secondary N) is 3. The van der Waals surface area contributed by atoms with E-state index < -0.39 is 74.0 Å². The number of aromatic nitrogens is 1. The summed E-state index contributed by atoms with van der Waals surface area (Å²) < 4.78 is 59.6. The molecule has 16 heteroatoms. The number of hydrogen-bond acceptors (Lipinski definition) is 10. The molecule has 4 amide bonds. The van der Waals surface area contributed by atoms with E-state index >= 15 is 4.79 Å². The number of alkyl carbamates (subject to hydrolysis) is 1. The topological polar surface area (TPSA) is 182 Å². The van der Waals surface area contributed by atoms with Crippen molar-refractivity contribution >= 4 is 44.6 Å². The summed E-state index contributed by atoms with van der Waals surface area (Å²) in [4.78, 5) is 63.4. The number of fused-ring (bicyclic) bond motifs is 3. The van der Waals surface area contributed by atoms with Gasteiger partial charge >= 0.3 is 6.09 Å². The zero-order valence-electron chi connectivity index (χ0n) is 35.9. The van der Waals surface area contributed by atoms with Crippen molar-refractivity contribution in [2.75, 3.05) is 20.3 Å². The normalized spacial score (nSPS) is 28.9. The first-order valence-corrected chi connectivity index (χ1v) is 23.1. The van der Waals surface area contributed by atoms with Crippen molar-refractivity contribution in [3.63, 3.8) is 0 Å². The minimum absolute atomic E-state index is 0.0213. The Labute approximate surface area is 361 Å². The summed E-state index contributed by atoms with van der Waals surface area (Å²) in [6, 6.07) is 10.8. The van der Waals surface area contributed by atoms with E-state index in [0.717, 1.165) is 24.6 Å². The summed E-state index contributed by atoms with van der Waals surface area (Å²) in [6.07, 6.45) is 7.14. The molecule has 0 bridgehead atoms. The molecular formula is C46H56FN5O9S. The van der Waals surface area contributed by atoms with E-state index in [9.17, 15) is 27.2 Å². The minimum atomic E-state index is -4.04. The number of pyridine rings is 1. The summed E-state index contributed by atoms with van der Waals surface area (Å²) >= 11 is 0. The van der Waals surface area contributed by atoms with Gasteiger partial charge in [0, 0.05) is 28.7 Å². The lowest BCUT2D eigenvalue weighted by molar-refractivity contribution is -0.142. The third-order valence-electron chi connectivity index (χ3n) is 13.6. The number of amides is 4. The molecule has 1 aromatic heterocycles. The molecule has 62 heavy (non-hydrogen) atoms. The van der Waals surface area contributed by atoms with Crippen LogP contribution in [-0.4, -0.2) is 90.9 Å². The van der Waals surface area contributed by atoms with Gasteiger partial charge in [0.05, 0.1) is 30.7 Å². The first-order valence-electron chi connectivity index (χ1n) is 21.6. The molecule has 14 nitrogen and oxygen atoms in total. The van der Waals surface area contributed by atoms with Crippen LogP contribution in [0.2, 0.25) is 0 Å². The van der Waals surface area contributed by atoms with Crippen molar-refractivity contribution in [1.82, 2.24) is 25.2 Å². The van der Waals surface area contributed by atoms with Crippen LogP contribution in [0.3, 0.4) is 0 Å². The number of carbonyl (C=O) groups excluding carboxylic acids is 4. The van der Waals surface area contributed by atoms with E-state index in [1.54, 1.807) is 38.3 Å². The highest BCUT2D eigenvalue weighted by Crippen LogP contribution is 2.48. The van der Waals surface area contributed by atoms with Gasteiger partial charge in [-0.05, 0) is 124 Å². The van der Waals surface area contributed by atoms with Crippen molar-refractivity contribution in [3.8, 4) is 22.9 Å². The fraction of sp³-hybridized carbons (Fsp3) is 0.543. The molecule has 3 heterocycles. The average Bonchev–Trinajstić information content (AvgIpc) is 4.20. The Hall–Kier alpha value is -5.25. The van der Waals surface area contributed by atoms with Crippen LogP contribution in [0.15, 0.2) is 60.7 Å². The number of rotatable bonds is 10. The van der Waals surface area contributed by atoms with Crippen molar-refractivity contribution in [1.29, 1.82) is 0 Å². The van der Waals surface area contributed by atoms with E-state index in [4.69, 9.17) is 19.2 Å². The number of hydrogen-bond donors (Lipinski definition) is 3. The van der Waals surface area contributed by atoms with Gasteiger partial charge < -0.3 is 29.7 Å². The quantitative estimate of drug-likeness (QED) is 0.199. The highest BCUT2D eigenvalue weighted by molar-refractivity contribution is 7.91. The third kappa shape index (κ3) is 8.98. The molecule has 2 aliphatic heterocycles. The lowest BCUT2D eigenvalue weighted by Crippen LogP contribution is -2.59. The van der Waals surface area contributed by atoms with Gasteiger partial charge in [-0.15, -0.1) is 0 Å². The second-order valence-corrected chi connectivity index (χ2v) is 21.1. The van der Waals surface area contributed by atoms with E-state index in [2.05, 4.69) is 22.3 Å². The van der Waals surface area contributed by atoms with Crippen LogP contribution in [0, 0.1) is 29.0 Å². The molecule has 7 unspecified atom stereocenters. The average molecular weight is 874 g/mol. The number of halogens is 1. The molecular weight excluding hydrogens is 818 g/mol. The monoisotopic (exact) mass is 873 g/mol. The second kappa shape index (κ2) is 16.5. The van der Waals surface area contributed by atoms with Gasteiger partial charge in [-0.3, -0.25) is 19.1 Å². The second-order valence-electron chi connectivity index (χ2n) is 18.9. The number of ether oxygens (including phenoxy) is 3. The molecule has 7 atom stereocenters.